The molecular formula is C25H23ClN2O2. The van der Waals surface area contributed by atoms with E-state index in [1.165, 1.54) is 5.56 Å². The first-order valence-electron chi connectivity index (χ1n) is 10.1. The second-order valence-electron chi connectivity index (χ2n) is 7.44. The van der Waals surface area contributed by atoms with E-state index in [0.29, 0.717) is 34.8 Å². The van der Waals surface area contributed by atoms with Crippen LogP contribution < -0.4 is 0 Å². The summed E-state index contributed by atoms with van der Waals surface area (Å²) in [5.41, 5.74) is 2.68. The number of piperazine rings is 1. The highest BCUT2D eigenvalue weighted by Gasteiger charge is 2.25. The van der Waals surface area contributed by atoms with E-state index in [-0.39, 0.29) is 11.7 Å². The van der Waals surface area contributed by atoms with Gasteiger partial charge < -0.3 is 4.90 Å². The molecule has 0 N–H and O–H groups in total. The molecule has 1 aliphatic heterocycles. The van der Waals surface area contributed by atoms with Gasteiger partial charge in [0.2, 0.25) is 0 Å². The van der Waals surface area contributed by atoms with Crippen molar-refractivity contribution >= 4 is 23.3 Å². The zero-order chi connectivity index (χ0) is 20.9. The number of nitrogens with zero attached hydrogens (tertiary/aromatic N) is 2. The summed E-state index contributed by atoms with van der Waals surface area (Å²) in [5, 5.41) is 0.573. The summed E-state index contributed by atoms with van der Waals surface area (Å²) in [6, 6.07) is 24.1. The van der Waals surface area contributed by atoms with Crippen LogP contribution in [-0.2, 0) is 6.54 Å². The van der Waals surface area contributed by atoms with Crippen LogP contribution in [0.1, 0.15) is 31.8 Å². The van der Waals surface area contributed by atoms with Crippen molar-refractivity contribution in [1.29, 1.82) is 0 Å². The Balaban J connectivity index is 1.45. The maximum Gasteiger partial charge on any atom is 0.254 e. The highest BCUT2D eigenvalue weighted by Crippen LogP contribution is 2.19. The number of rotatable bonds is 5. The molecule has 4 nitrogen and oxygen atoms in total. The lowest BCUT2D eigenvalue weighted by molar-refractivity contribution is 0.0625. The van der Waals surface area contributed by atoms with E-state index >= 15 is 0 Å². The van der Waals surface area contributed by atoms with Crippen molar-refractivity contribution < 1.29 is 9.59 Å². The van der Waals surface area contributed by atoms with E-state index in [0.717, 1.165) is 19.6 Å². The average molecular weight is 419 g/mol. The van der Waals surface area contributed by atoms with E-state index in [1.807, 2.05) is 23.1 Å². The molecular weight excluding hydrogens is 396 g/mol. The van der Waals surface area contributed by atoms with Gasteiger partial charge in [0.1, 0.15) is 0 Å². The molecule has 0 aromatic heterocycles. The molecule has 1 fully saturated rings. The molecule has 0 radical (unpaired) electrons. The molecule has 0 aliphatic carbocycles. The Morgan fingerprint density at radius 2 is 1.33 bits per heavy atom. The number of halogens is 1. The quantitative estimate of drug-likeness (QED) is 0.571. The molecule has 3 aromatic rings. The Hall–Kier alpha value is -2.95. The number of ketones is 1. The lowest BCUT2D eigenvalue weighted by Gasteiger charge is -2.35. The summed E-state index contributed by atoms with van der Waals surface area (Å²) >= 11 is 5.93. The predicted octanol–water partition coefficient (Wildman–Crippen LogP) is 4.53. The van der Waals surface area contributed by atoms with Gasteiger partial charge in [-0.3, -0.25) is 14.5 Å². The summed E-state index contributed by atoms with van der Waals surface area (Å²) in [7, 11) is 0. The Kier molecular flexibility index (Phi) is 6.26. The van der Waals surface area contributed by atoms with Gasteiger partial charge in [-0.2, -0.15) is 0 Å². The minimum absolute atomic E-state index is 0.0905. The summed E-state index contributed by atoms with van der Waals surface area (Å²) in [4.78, 5) is 30.4. The molecule has 4 rings (SSSR count). The van der Waals surface area contributed by atoms with Crippen molar-refractivity contribution in [3.05, 3.63) is 106 Å². The van der Waals surface area contributed by atoms with Crippen LogP contribution in [0.5, 0.6) is 0 Å². The fraction of sp³-hybridized carbons (Fsp3) is 0.200. The zero-order valence-electron chi connectivity index (χ0n) is 16.6. The molecule has 0 bridgehead atoms. The van der Waals surface area contributed by atoms with Crippen molar-refractivity contribution in [2.75, 3.05) is 26.2 Å². The van der Waals surface area contributed by atoms with Crippen LogP contribution in [0.15, 0.2) is 78.9 Å². The second-order valence-corrected chi connectivity index (χ2v) is 7.87. The number of hydrogen-bond donors (Lipinski definition) is 0. The number of amides is 1. The SMILES string of the molecule is O=C(c1ccc(Cl)cc1)c1ccccc1C(=O)N1CCN(Cc2ccccc2)CC1. The molecule has 152 valence electrons. The number of carbonyl (C=O) groups excluding carboxylic acids is 2. The molecule has 1 heterocycles. The van der Waals surface area contributed by atoms with Gasteiger partial charge in [-0.15, -0.1) is 0 Å². The lowest BCUT2D eigenvalue weighted by Crippen LogP contribution is -2.48. The van der Waals surface area contributed by atoms with Crippen molar-refractivity contribution in [3.8, 4) is 0 Å². The van der Waals surface area contributed by atoms with Crippen molar-refractivity contribution in [2.24, 2.45) is 0 Å². The van der Waals surface area contributed by atoms with Gasteiger partial charge in [-0.05, 0) is 35.9 Å². The molecule has 5 heteroatoms. The molecule has 0 unspecified atom stereocenters. The Bertz CT molecular complexity index is 1030. The fourth-order valence-electron chi connectivity index (χ4n) is 3.75. The predicted molar refractivity (Wildman–Crippen MR) is 119 cm³/mol. The van der Waals surface area contributed by atoms with Gasteiger partial charge in [-0.1, -0.05) is 60.1 Å². The third-order valence-electron chi connectivity index (χ3n) is 5.42. The Morgan fingerprint density at radius 1 is 0.733 bits per heavy atom. The van der Waals surface area contributed by atoms with Gasteiger partial charge >= 0.3 is 0 Å². The average Bonchev–Trinajstić information content (AvgIpc) is 2.80. The van der Waals surface area contributed by atoms with Gasteiger partial charge in [0.25, 0.3) is 5.91 Å². The van der Waals surface area contributed by atoms with Crippen molar-refractivity contribution in [2.45, 2.75) is 6.54 Å². The van der Waals surface area contributed by atoms with E-state index < -0.39 is 0 Å². The molecule has 3 aromatic carbocycles. The van der Waals surface area contributed by atoms with Crippen LogP contribution in [0.25, 0.3) is 0 Å². The number of benzene rings is 3. The fourth-order valence-corrected chi connectivity index (χ4v) is 3.87. The smallest absolute Gasteiger partial charge is 0.254 e. The first-order chi connectivity index (χ1) is 14.6. The third kappa shape index (κ3) is 4.61. The minimum atomic E-state index is -0.168. The molecule has 0 saturated carbocycles. The standard InChI is InChI=1S/C25H23ClN2O2/c26-21-12-10-20(11-13-21)24(29)22-8-4-5-9-23(22)25(30)28-16-14-27(15-17-28)18-19-6-2-1-3-7-19/h1-13H,14-18H2. The Labute approximate surface area is 181 Å². The third-order valence-corrected chi connectivity index (χ3v) is 5.67. The maximum absolute atomic E-state index is 13.2. The van der Waals surface area contributed by atoms with Crippen LogP contribution in [0.2, 0.25) is 5.02 Å². The molecule has 30 heavy (non-hydrogen) atoms. The van der Waals surface area contributed by atoms with Gasteiger partial charge in [0, 0.05) is 48.9 Å². The van der Waals surface area contributed by atoms with Crippen LogP contribution in [0, 0.1) is 0 Å². The van der Waals surface area contributed by atoms with Crippen LogP contribution >= 0.6 is 11.6 Å². The van der Waals surface area contributed by atoms with Crippen LogP contribution in [0.3, 0.4) is 0 Å². The first-order valence-corrected chi connectivity index (χ1v) is 10.4. The van der Waals surface area contributed by atoms with Gasteiger partial charge in [0.15, 0.2) is 5.78 Å². The van der Waals surface area contributed by atoms with Crippen molar-refractivity contribution in [1.82, 2.24) is 9.80 Å². The molecule has 0 atom stereocenters. The van der Waals surface area contributed by atoms with Crippen molar-refractivity contribution in [3.63, 3.8) is 0 Å². The molecule has 1 amide bonds. The van der Waals surface area contributed by atoms with E-state index in [4.69, 9.17) is 11.6 Å². The monoisotopic (exact) mass is 418 g/mol. The zero-order valence-corrected chi connectivity index (χ0v) is 17.4. The first kappa shape index (κ1) is 20.3. The molecule has 1 saturated heterocycles. The van der Waals surface area contributed by atoms with Crippen LogP contribution in [-0.4, -0.2) is 47.7 Å². The largest absolute Gasteiger partial charge is 0.336 e. The lowest BCUT2D eigenvalue weighted by atomic mass is 9.97. The number of hydrogen-bond acceptors (Lipinski definition) is 3. The molecule has 0 spiro atoms. The minimum Gasteiger partial charge on any atom is -0.336 e. The Morgan fingerprint density at radius 3 is 2.00 bits per heavy atom. The van der Waals surface area contributed by atoms with E-state index in [2.05, 4.69) is 17.0 Å². The molecule has 1 aliphatic rings. The highest BCUT2D eigenvalue weighted by atomic mass is 35.5. The second kappa shape index (κ2) is 9.24. The maximum atomic E-state index is 13.2. The number of carbonyl (C=O) groups is 2. The summed E-state index contributed by atoms with van der Waals surface area (Å²) < 4.78 is 0. The van der Waals surface area contributed by atoms with Crippen LogP contribution in [0.4, 0.5) is 0 Å². The summed E-state index contributed by atoms with van der Waals surface area (Å²) in [6.45, 7) is 3.81. The summed E-state index contributed by atoms with van der Waals surface area (Å²) in [6.07, 6.45) is 0. The normalized spacial score (nSPS) is 14.5. The van der Waals surface area contributed by atoms with Gasteiger partial charge in [-0.25, -0.2) is 0 Å². The summed E-state index contributed by atoms with van der Waals surface area (Å²) in [5.74, 6) is -0.259. The topological polar surface area (TPSA) is 40.6 Å². The van der Waals surface area contributed by atoms with E-state index in [1.54, 1.807) is 48.5 Å². The highest BCUT2D eigenvalue weighted by molar-refractivity contribution is 6.30. The van der Waals surface area contributed by atoms with Gasteiger partial charge in [0.05, 0.1) is 5.56 Å². The van der Waals surface area contributed by atoms with E-state index in [9.17, 15) is 9.59 Å².